The topological polar surface area (TPSA) is 59.8 Å². The number of anilines is 1. The van der Waals surface area contributed by atoms with Crippen LogP contribution in [0.3, 0.4) is 0 Å². The highest BCUT2D eigenvalue weighted by molar-refractivity contribution is 8.00. The zero-order chi connectivity index (χ0) is 21.1. The van der Waals surface area contributed by atoms with Crippen molar-refractivity contribution < 1.29 is 4.79 Å². The molecule has 0 saturated carbocycles. The van der Waals surface area contributed by atoms with Crippen molar-refractivity contribution in [3.05, 3.63) is 58.7 Å². The normalized spacial score (nSPS) is 12.1. The van der Waals surface area contributed by atoms with E-state index >= 15 is 0 Å². The second-order valence-electron chi connectivity index (χ2n) is 7.39. The number of aryl methyl sites for hydroxylation is 4. The van der Waals surface area contributed by atoms with E-state index in [2.05, 4.69) is 65.1 Å². The maximum absolute atomic E-state index is 12.8. The molecular weight excluding hydrogens is 380 g/mol. The lowest BCUT2D eigenvalue weighted by atomic mass is 10.1. The minimum absolute atomic E-state index is 0.0341. The summed E-state index contributed by atoms with van der Waals surface area (Å²) in [6, 6.07) is 12.3. The first-order valence-electron chi connectivity index (χ1n) is 9.86. The van der Waals surface area contributed by atoms with Crippen LogP contribution in [0.1, 0.15) is 36.1 Å². The summed E-state index contributed by atoms with van der Waals surface area (Å²) in [6.07, 6.45) is 0. The van der Waals surface area contributed by atoms with Crippen LogP contribution < -0.4 is 5.32 Å². The van der Waals surface area contributed by atoms with Gasteiger partial charge in [0.1, 0.15) is 0 Å². The molecule has 0 spiro atoms. The fraction of sp³-hybridized carbons (Fsp3) is 0.348. The molecule has 29 heavy (non-hydrogen) atoms. The maximum Gasteiger partial charge on any atom is 0.237 e. The smallest absolute Gasteiger partial charge is 0.237 e. The SMILES string of the molecule is CCn1c(S[C@@H](C)C(=O)Nc2c(C)cc(C)cc2C)nnc1-c1ccccc1C. The predicted octanol–water partition coefficient (Wildman–Crippen LogP) is 5.32. The van der Waals surface area contributed by atoms with Gasteiger partial charge in [-0.15, -0.1) is 10.2 Å². The van der Waals surface area contributed by atoms with Crippen molar-refractivity contribution in [1.82, 2.24) is 14.8 Å². The van der Waals surface area contributed by atoms with Gasteiger partial charge in [-0.3, -0.25) is 4.79 Å². The van der Waals surface area contributed by atoms with Crippen molar-refractivity contribution in [2.75, 3.05) is 5.32 Å². The van der Waals surface area contributed by atoms with Crippen molar-refractivity contribution in [1.29, 1.82) is 0 Å². The molecule has 0 fully saturated rings. The summed E-state index contributed by atoms with van der Waals surface area (Å²) in [5, 5.41) is 12.3. The lowest BCUT2D eigenvalue weighted by Crippen LogP contribution is -2.24. The van der Waals surface area contributed by atoms with Gasteiger partial charge >= 0.3 is 0 Å². The molecular formula is C23H28N4OS. The first kappa shape index (κ1) is 21.1. The number of hydrogen-bond donors (Lipinski definition) is 1. The lowest BCUT2D eigenvalue weighted by Gasteiger charge is -2.16. The third-order valence-corrected chi connectivity index (χ3v) is 6.08. The van der Waals surface area contributed by atoms with Crippen molar-refractivity contribution in [3.63, 3.8) is 0 Å². The van der Waals surface area contributed by atoms with Gasteiger partial charge in [0.05, 0.1) is 5.25 Å². The van der Waals surface area contributed by atoms with Crippen LogP contribution in [-0.4, -0.2) is 25.9 Å². The van der Waals surface area contributed by atoms with Crippen molar-refractivity contribution in [3.8, 4) is 11.4 Å². The number of aromatic nitrogens is 3. The highest BCUT2D eigenvalue weighted by Crippen LogP contribution is 2.29. The number of carbonyl (C=O) groups excluding carboxylic acids is 1. The monoisotopic (exact) mass is 408 g/mol. The third-order valence-electron chi connectivity index (χ3n) is 5.00. The number of rotatable bonds is 6. The van der Waals surface area contributed by atoms with E-state index in [9.17, 15) is 4.79 Å². The molecule has 0 unspecified atom stereocenters. The van der Waals surface area contributed by atoms with Gasteiger partial charge in [-0.2, -0.15) is 0 Å². The molecule has 1 aromatic heterocycles. The first-order chi connectivity index (χ1) is 13.8. The molecule has 0 saturated heterocycles. The molecule has 5 nitrogen and oxygen atoms in total. The highest BCUT2D eigenvalue weighted by Gasteiger charge is 2.21. The molecule has 3 rings (SSSR count). The second-order valence-corrected chi connectivity index (χ2v) is 8.70. The van der Waals surface area contributed by atoms with E-state index in [0.717, 1.165) is 45.5 Å². The van der Waals surface area contributed by atoms with Crippen molar-refractivity contribution in [2.45, 2.75) is 58.5 Å². The summed E-state index contributed by atoms with van der Waals surface area (Å²) in [5.41, 5.74) is 6.46. The van der Waals surface area contributed by atoms with E-state index in [0.29, 0.717) is 0 Å². The van der Waals surface area contributed by atoms with Crippen molar-refractivity contribution >= 4 is 23.4 Å². The Morgan fingerprint density at radius 2 is 1.72 bits per heavy atom. The quantitative estimate of drug-likeness (QED) is 0.561. The molecule has 6 heteroatoms. The Morgan fingerprint density at radius 3 is 2.34 bits per heavy atom. The molecule has 0 radical (unpaired) electrons. The van der Waals surface area contributed by atoms with E-state index < -0.39 is 0 Å². The first-order valence-corrected chi connectivity index (χ1v) is 10.7. The largest absolute Gasteiger partial charge is 0.325 e. The molecule has 1 heterocycles. The number of nitrogens with one attached hydrogen (secondary N) is 1. The van der Waals surface area contributed by atoms with Gasteiger partial charge in [-0.05, 0) is 58.2 Å². The number of nitrogens with zero attached hydrogens (tertiary/aromatic N) is 3. The van der Waals surface area contributed by atoms with Gasteiger partial charge in [0.25, 0.3) is 0 Å². The van der Waals surface area contributed by atoms with Crippen LogP contribution in [0.25, 0.3) is 11.4 Å². The highest BCUT2D eigenvalue weighted by atomic mass is 32.2. The minimum atomic E-state index is -0.297. The number of carbonyl (C=O) groups is 1. The van der Waals surface area contributed by atoms with E-state index in [-0.39, 0.29) is 11.2 Å². The standard InChI is InChI=1S/C23H28N4OS/c1-7-27-21(19-11-9-8-10-15(19)3)25-26-23(27)29-18(6)22(28)24-20-16(4)12-14(2)13-17(20)5/h8-13,18H,7H2,1-6H3,(H,24,28)/t18-/m0/s1. The van der Waals surface area contributed by atoms with Crippen LogP contribution in [0.2, 0.25) is 0 Å². The molecule has 1 amide bonds. The van der Waals surface area contributed by atoms with Crippen LogP contribution in [0.4, 0.5) is 5.69 Å². The van der Waals surface area contributed by atoms with E-state index in [1.54, 1.807) is 0 Å². The van der Waals surface area contributed by atoms with E-state index in [1.165, 1.54) is 17.3 Å². The van der Waals surface area contributed by atoms with Crippen LogP contribution in [0.5, 0.6) is 0 Å². The van der Waals surface area contributed by atoms with E-state index in [4.69, 9.17) is 0 Å². The summed E-state index contributed by atoms with van der Waals surface area (Å²) in [4.78, 5) is 12.8. The van der Waals surface area contributed by atoms with Gasteiger partial charge in [0, 0.05) is 17.8 Å². The summed E-state index contributed by atoms with van der Waals surface area (Å²) >= 11 is 1.44. The fourth-order valence-corrected chi connectivity index (χ4v) is 4.41. The summed E-state index contributed by atoms with van der Waals surface area (Å²) in [6.45, 7) is 12.9. The molecule has 0 aliphatic heterocycles. The summed E-state index contributed by atoms with van der Waals surface area (Å²) < 4.78 is 2.07. The fourth-order valence-electron chi connectivity index (χ4n) is 3.50. The van der Waals surface area contributed by atoms with Crippen molar-refractivity contribution in [2.24, 2.45) is 0 Å². The van der Waals surface area contributed by atoms with Crippen LogP contribution >= 0.6 is 11.8 Å². The molecule has 2 aromatic carbocycles. The van der Waals surface area contributed by atoms with Crippen LogP contribution in [0, 0.1) is 27.7 Å². The number of amides is 1. The van der Waals surface area contributed by atoms with Gasteiger partial charge in [-0.25, -0.2) is 0 Å². The molecule has 0 bridgehead atoms. The molecule has 0 aliphatic carbocycles. The number of hydrogen-bond acceptors (Lipinski definition) is 4. The molecule has 152 valence electrons. The average Bonchev–Trinajstić information content (AvgIpc) is 3.07. The summed E-state index contributed by atoms with van der Waals surface area (Å²) in [7, 11) is 0. The molecule has 1 atom stereocenters. The molecule has 0 aliphatic rings. The predicted molar refractivity (Wildman–Crippen MR) is 120 cm³/mol. The zero-order valence-corrected chi connectivity index (χ0v) is 18.7. The third kappa shape index (κ3) is 4.53. The van der Waals surface area contributed by atoms with Crippen LogP contribution in [0.15, 0.2) is 41.6 Å². The molecule has 3 aromatic rings. The minimum Gasteiger partial charge on any atom is -0.325 e. The Kier molecular flexibility index (Phi) is 6.42. The lowest BCUT2D eigenvalue weighted by molar-refractivity contribution is -0.115. The second kappa shape index (κ2) is 8.82. The summed E-state index contributed by atoms with van der Waals surface area (Å²) in [5.74, 6) is 0.805. The van der Waals surface area contributed by atoms with Crippen LogP contribution in [-0.2, 0) is 11.3 Å². The maximum atomic E-state index is 12.8. The number of thioether (sulfide) groups is 1. The average molecular weight is 409 g/mol. The Balaban J connectivity index is 1.80. The van der Waals surface area contributed by atoms with Gasteiger partial charge in [0.2, 0.25) is 5.91 Å². The molecule has 1 N–H and O–H groups in total. The Labute approximate surface area is 176 Å². The Hall–Kier alpha value is -2.60. The number of benzene rings is 2. The zero-order valence-electron chi connectivity index (χ0n) is 17.9. The van der Waals surface area contributed by atoms with Gasteiger partial charge in [0.15, 0.2) is 11.0 Å². The Morgan fingerprint density at radius 1 is 1.07 bits per heavy atom. The van der Waals surface area contributed by atoms with E-state index in [1.807, 2.05) is 32.9 Å². The Bertz CT molecular complexity index is 1020. The van der Waals surface area contributed by atoms with Gasteiger partial charge < -0.3 is 9.88 Å². The van der Waals surface area contributed by atoms with Gasteiger partial charge in [-0.1, -0.05) is 53.7 Å².